The third-order valence-corrected chi connectivity index (χ3v) is 2.24. The minimum absolute atomic E-state index is 0.347. The lowest BCUT2D eigenvalue weighted by Crippen LogP contribution is -2.05. The Bertz CT molecular complexity index is 538. The number of anilines is 1. The fraction of sp³-hybridized carbons (Fsp3) is 0.167. The van der Waals surface area contributed by atoms with Gasteiger partial charge < -0.3 is 10.5 Å². The van der Waals surface area contributed by atoms with Gasteiger partial charge in [-0.25, -0.2) is 4.79 Å². The largest absolute Gasteiger partial charge is 0.462 e. The van der Waals surface area contributed by atoms with Gasteiger partial charge in [0.05, 0.1) is 29.6 Å². The molecule has 2 rings (SSSR count). The quantitative estimate of drug-likeness (QED) is 0.780. The molecule has 0 aliphatic carbocycles. The summed E-state index contributed by atoms with van der Waals surface area (Å²) in [5, 5.41) is 0.723. The summed E-state index contributed by atoms with van der Waals surface area (Å²) >= 11 is 0. The van der Waals surface area contributed by atoms with Crippen molar-refractivity contribution < 1.29 is 9.53 Å². The van der Waals surface area contributed by atoms with Gasteiger partial charge in [0, 0.05) is 5.39 Å². The second-order valence-corrected chi connectivity index (χ2v) is 3.36. The first-order chi connectivity index (χ1) is 7.72. The van der Waals surface area contributed by atoms with E-state index in [-0.39, 0.29) is 5.97 Å². The molecule has 0 spiro atoms. The summed E-state index contributed by atoms with van der Waals surface area (Å²) < 4.78 is 4.97. The van der Waals surface area contributed by atoms with E-state index in [0.29, 0.717) is 17.9 Å². The second-order valence-electron chi connectivity index (χ2n) is 3.36. The Hall–Kier alpha value is -2.10. The summed E-state index contributed by atoms with van der Waals surface area (Å²) in [5.41, 5.74) is 7.42. The molecule has 2 N–H and O–H groups in total. The number of hydrogen-bond acceptors (Lipinski definition) is 4. The Labute approximate surface area is 93.0 Å². The lowest BCUT2D eigenvalue weighted by molar-refractivity contribution is 0.0528. The molecule has 0 unspecified atom stereocenters. The number of hydrogen-bond donors (Lipinski definition) is 1. The van der Waals surface area contributed by atoms with E-state index in [2.05, 4.69) is 4.98 Å². The first-order valence-electron chi connectivity index (χ1n) is 5.03. The van der Waals surface area contributed by atoms with Crippen LogP contribution in [0.1, 0.15) is 17.3 Å². The molecule has 0 saturated heterocycles. The summed E-state index contributed by atoms with van der Waals surface area (Å²) in [5.74, 6) is -0.347. The standard InChI is InChI=1S/C12H12N2O2/c1-2-16-12(15)9-4-3-5-11-10(9)6-8(13)7-14-11/h3-7H,2,13H2,1H3. The van der Waals surface area contributed by atoms with Gasteiger partial charge in [-0.1, -0.05) is 6.07 Å². The number of nitrogens with two attached hydrogens (primary N) is 1. The van der Waals surface area contributed by atoms with E-state index in [1.54, 1.807) is 31.3 Å². The van der Waals surface area contributed by atoms with Crippen LogP contribution in [0.3, 0.4) is 0 Å². The van der Waals surface area contributed by atoms with Gasteiger partial charge >= 0.3 is 5.97 Å². The predicted octanol–water partition coefficient (Wildman–Crippen LogP) is 1.99. The Kier molecular flexibility index (Phi) is 2.72. The van der Waals surface area contributed by atoms with E-state index in [9.17, 15) is 4.79 Å². The fourth-order valence-electron chi connectivity index (χ4n) is 1.55. The third kappa shape index (κ3) is 1.82. The van der Waals surface area contributed by atoms with Crippen LogP contribution in [0.2, 0.25) is 0 Å². The Morgan fingerprint density at radius 1 is 1.50 bits per heavy atom. The molecule has 1 heterocycles. The Balaban J connectivity index is 2.60. The minimum Gasteiger partial charge on any atom is -0.462 e. The molecule has 0 fully saturated rings. The Morgan fingerprint density at radius 2 is 2.31 bits per heavy atom. The van der Waals surface area contributed by atoms with Crippen LogP contribution in [0.4, 0.5) is 5.69 Å². The molecule has 0 bridgehead atoms. The molecular formula is C12H12N2O2. The molecule has 4 nitrogen and oxygen atoms in total. The highest BCUT2D eigenvalue weighted by Crippen LogP contribution is 2.19. The van der Waals surface area contributed by atoms with Crippen LogP contribution < -0.4 is 5.73 Å². The van der Waals surface area contributed by atoms with Gasteiger partial charge in [0.15, 0.2) is 0 Å². The summed E-state index contributed by atoms with van der Waals surface area (Å²) in [6, 6.07) is 7.05. The highest BCUT2D eigenvalue weighted by molar-refractivity contribution is 6.04. The number of ether oxygens (including phenoxy) is 1. The van der Waals surface area contributed by atoms with E-state index in [0.717, 1.165) is 10.9 Å². The van der Waals surface area contributed by atoms with Crippen molar-refractivity contribution in [3.8, 4) is 0 Å². The third-order valence-electron chi connectivity index (χ3n) is 2.24. The van der Waals surface area contributed by atoms with Crippen molar-refractivity contribution in [3.05, 3.63) is 36.0 Å². The average molecular weight is 216 g/mol. The van der Waals surface area contributed by atoms with E-state index < -0.39 is 0 Å². The zero-order valence-corrected chi connectivity index (χ0v) is 8.93. The van der Waals surface area contributed by atoms with Crippen molar-refractivity contribution in [3.63, 3.8) is 0 Å². The number of nitrogens with zero attached hydrogens (tertiary/aromatic N) is 1. The minimum atomic E-state index is -0.347. The average Bonchev–Trinajstić information content (AvgIpc) is 2.28. The molecular weight excluding hydrogens is 204 g/mol. The van der Waals surface area contributed by atoms with Crippen LogP contribution in [0.25, 0.3) is 10.9 Å². The van der Waals surface area contributed by atoms with Crippen molar-refractivity contribution in [2.24, 2.45) is 0 Å². The van der Waals surface area contributed by atoms with Gasteiger partial charge in [-0.05, 0) is 25.1 Å². The van der Waals surface area contributed by atoms with Crippen LogP contribution in [0, 0.1) is 0 Å². The number of carbonyl (C=O) groups is 1. The molecule has 0 radical (unpaired) electrons. The number of aromatic nitrogens is 1. The SMILES string of the molecule is CCOC(=O)c1cccc2ncc(N)cc12. The smallest absolute Gasteiger partial charge is 0.338 e. The highest BCUT2D eigenvalue weighted by atomic mass is 16.5. The number of nitrogen functional groups attached to an aromatic ring is 1. The number of rotatable bonds is 2. The van der Waals surface area contributed by atoms with E-state index in [1.807, 2.05) is 6.07 Å². The molecule has 1 aromatic carbocycles. The number of esters is 1. The van der Waals surface area contributed by atoms with Gasteiger partial charge in [-0.3, -0.25) is 4.98 Å². The second kappa shape index (κ2) is 4.18. The molecule has 0 atom stereocenters. The van der Waals surface area contributed by atoms with Crippen molar-refractivity contribution in [2.45, 2.75) is 6.92 Å². The molecule has 4 heteroatoms. The van der Waals surface area contributed by atoms with Crippen LogP contribution in [-0.4, -0.2) is 17.6 Å². The van der Waals surface area contributed by atoms with E-state index >= 15 is 0 Å². The number of carbonyl (C=O) groups excluding carboxylic acids is 1. The maximum atomic E-state index is 11.7. The molecule has 0 aliphatic heterocycles. The lowest BCUT2D eigenvalue weighted by atomic mass is 10.1. The zero-order chi connectivity index (χ0) is 11.5. The number of pyridine rings is 1. The van der Waals surface area contributed by atoms with Gasteiger partial charge in [0.1, 0.15) is 0 Å². The summed E-state index contributed by atoms with van der Waals surface area (Å²) in [4.78, 5) is 15.8. The van der Waals surface area contributed by atoms with Gasteiger partial charge in [0.2, 0.25) is 0 Å². The normalized spacial score (nSPS) is 10.3. The van der Waals surface area contributed by atoms with Gasteiger partial charge in [-0.15, -0.1) is 0 Å². The summed E-state index contributed by atoms with van der Waals surface area (Å²) in [6.07, 6.45) is 1.57. The predicted molar refractivity (Wildman–Crippen MR) is 62.1 cm³/mol. The first kappa shape index (κ1) is 10.4. The van der Waals surface area contributed by atoms with Crippen molar-refractivity contribution in [2.75, 3.05) is 12.3 Å². The van der Waals surface area contributed by atoms with E-state index in [1.165, 1.54) is 0 Å². The molecule has 0 aliphatic rings. The monoisotopic (exact) mass is 216 g/mol. The fourth-order valence-corrected chi connectivity index (χ4v) is 1.55. The van der Waals surface area contributed by atoms with Crippen LogP contribution >= 0.6 is 0 Å². The number of fused-ring (bicyclic) bond motifs is 1. The van der Waals surface area contributed by atoms with Crippen molar-refractivity contribution in [1.82, 2.24) is 4.98 Å². The molecule has 16 heavy (non-hydrogen) atoms. The summed E-state index contributed by atoms with van der Waals surface area (Å²) in [6.45, 7) is 2.13. The molecule has 0 saturated carbocycles. The van der Waals surface area contributed by atoms with Crippen LogP contribution in [0.15, 0.2) is 30.5 Å². The topological polar surface area (TPSA) is 65.2 Å². The van der Waals surface area contributed by atoms with Gasteiger partial charge in [-0.2, -0.15) is 0 Å². The Morgan fingerprint density at radius 3 is 3.06 bits per heavy atom. The maximum Gasteiger partial charge on any atom is 0.338 e. The van der Waals surface area contributed by atoms with Crippen molar-refractivity contribution in [1.29, 1.82) is 0 Å². The molecule has 1 aromatic heterocycles. The number of benzene rings is 1. The summed E-state index contributed by atoms with van der Waals surface area (Å²) in [7, 11) is 0. The molecule has 82 valence electrons. The van der Waals surface area contributed by atoms with Gasteiger partial charge in [0.25, 0.3) is 0 Å². The highest BCUT2D eigenvalue weighted by Gasteiger charge is 2.11. The van der Waals surface area contributed by atoms with Crippen molar-refractivity contribution >= 4 is 22.6 Å². The van der Waals surface area contributed by atoms with E-state index in [4.69, 9.17) is 10.5 Å². The molecule has 0 amide bonds. The van der Waals surface area contributed by atoms with Crippen LogP contribution in [0.5, 0.6) is 0 Å². The maximum absolute atomic E-state index is 11.7. The zero-order valence-electron chi connectivity index (χ0n) is 8.93. The first-order valence-corrected chi connectivity index (χ1v) is 5.03. The lowest BCUT2D eigenvalue weighted by Gasteiger charge is -2.05. The van der Waals surface area contributed by atoms with Crippen LogP contribution in [-0.2, 0) is 4.74 Å². The molecule has 2 aromatic rings.